The van der Waals surface area contributed by atoms with Gasteiger partial charge in [-0.05, 0) is 88.3 Å². The fourth-order valence-electron chi connectivity index (χ4n) is 7.21. The van der Waals surface area contributed by atoms with Crippen molar-refractivity contribution < 1.29 is 0 Å². The van der Waals surface area contributed by atoms with E-state index in [0.29, 0.717) is 11.3 Å². The van der Waals surface area contributed by atoms with E-state index in [9.17, 15) is 5.26 Å². The smallest absolute Gasteiger partial charge is 0.188 e. The molecule has 0 saturated heterocycles. The number of hydrogen-bond acceptors (Lipinski definition) is 1. The normalized spacial score (nSPS) is 11.3. The average molecular weight is 611 g/mol. The summed E-state index contributed by atoms with van der Waals surface area (Å²) < 4.78 is 4.63. The van der Waals surface area contributed by atoms with E-state index in [1.807, 2.05) is 36.4 Å². The van der Waals surface area contributed by atoms with Crippen molar-refractivity contribution in [3.63, 3.8) is 0 Å². The van der Waals surface area contributed by atoms with Crippen LogP contribution in [0.5, 0.6) is 0 Å². The summed E-state index contributed by atoms with van der Waals surface area (Å²) in [4.78, 5) is 3.69. The van der Waals surface area contributed by atoms with Crippen molar-refractivity contribution >= 4 is 49.3 Å². The molecule has 7 aromatic carbocycles. The molecule has 4 heteroatoms. The minimum Gasteiger partial charge on any atom is -0.309 e. The van der Waals surface area contributed by atoms with Crippen LogP contribution in [0.25, 0.3) is 82.1 Å². The van der Waals surface area contributed by atoms with E-state index in [1.165, 1.54) is 10.8 Å². The number of para-hydroxylation sites is 2. The summed E-state index contributed by atoms with van der Waals surface area (Å²) in [5.74, 6) is 0. The van der Waals surface area contributed by atoms with Gasteiger partial charge in [0.15, 0.2) is 5.69 Å². The zero-order valence-electron chi connectivity index (χ0n) is 25.8. The highest BCUT2D eigenvalue weighted by Crippen LogP contribution is 2.38. The molecule has 9 rings (SSSR count). The second-order valence-electron chi connectivity index (χ2n) is 12.0. The molecule has 0 aliphatic heterocycles. The van der Waals surface area contributed by atoms with Gasteiger partial charge in [-0.1, -0.05) is 97.1 Å². The molecule has 2 heterocycles. The molecular formula is C44H26N4. The monoisotopic (exact) mass is 610 g/mol. The highest BCUT2D eigenvalue weighted by atomic mass is 15.0. The number of nitriles is 1. The van der Waals surface area contributed by atoms with E-state index in [2.05, 4.69) is 141 Å². The van der Waals surface area contributed by atoms with Gasteiger partial charge < -0.3 is 9.13 Å². The van der Waals surface area contributed by atoms with Crippen LogP contribution in [-0.2, 0) is 0 Å². The van der Waals surface area contributed by atoms with Crippen molar-refractivity contribution in [1.82, 2.24) is 9.13 Å². The second kappa shape index (κ2) is 10.9. The van der Waals surface area contributed by atoms with Crippen LogP contribution in [0.2, 0.25) is 0 Å². The molecule has 0 saturated carbocycles. The lowest BCUT2D eigenvalue weighted by Gasteiger charge is -2.13. The van der Waals surface area contributed by atoms with Gasteiger partial charge in [-0.25, -0.2) is 4.85 Å². The third-order valence-electron chi connectivity index (χ3n) is 9.36. The van der Waals surface area contributed by atoms with Crippen molar-refractivity contribution in [3.05, 3.63) is 175 Å². The molecule has 0 bridgehead atoms. The molecule has 9 aromatic rings. The van der Waals surface area contributed by atoms with Gasteiger partial charge in [0.2, 0.25) is 0 Å². The van der Waals surface area contributed by atoms with Crippen molar-refractivity contribution in [2.45, 2.75) is 0 Å². The molecule has 222 valence electrons. The molecule has 0 aliphatic carbocycles. The predicted molar refractivity (Wildman–Crippen MR) is 197 cm³/mol. The molecule has 0 radical (unpaired) electrons. The van der Waals surface area contributed by atoms with E-state index in [-0.39, 0.29) is 0 Å². The highest BCUT2D eigenvalue weighted by molar-refractivity contribution is 6.11. The predicted octanol–water partition coefficient (Wildman–Crippen LogP) is 11.6. The van der Waals surface area contributed by atoms with Crippen molar-refractivity contribution in [2.75, 3.05) is 0 Å². The summed E-state index contributed by atoms with van der Waals surface area (Å²) in [6.45, 7) is 7.56. The Bertz CT molecular complexity index is 2820. The fraction of sp³-hybridized carbons (Fsp3) is 0. The zero-order valence-corrected chi connectivity index (χ0v) is 25.8. The number of nitrogens with zero attached hydrogens (tertiary/aromatic N) is 4. The van der Waals surface area contributed by atoms with Gasteiger partial charge in [0.25, 0.3) is 0 Å². The Balaban J connectivity index is 1.23. The third kappa shape index (κ3) is 4.22. The van der Waals surface area contributed by atoms with Crippen LogP contribution in [0, 0.1) is 17.9 Å². The number of benzene rings is 7. The molecule has 0 fully saturated rings. The van der Waals surface area contributed by atoms with E-state index < -0.39 is 0 Å². The molecule has 0 atom stereocenters. The first-order valence-corrected chi connectivity index (χ1v) is 15.9. The summed E-state index contributed by atoms with van der Waals surface area (Å²) in [5.41, 5.74) is 12.0. The Morgan fingerprint density at radius 3 is 1.79 bits per heavy atom. The quantitative estimate of drug-likeness (QED) is 0.183. The van der Waals surface area contributed by atoms with Gasteiger partial charge in [-0.15, -0.1) is 0 Å². The molecular weight excluding hydrogens is 585 g/mol. The topological polar surface area (TPSA) is 38.0 Å². The first-order valence-electron chi connectivity index (χ1n) is 15.9. The number of rotatable bonds is 4. The molecule has 0 spiro atoms. The molecule has 0 amide bonds. The van der Waals surface area contributed by atoms with Crippen LogP contribution in [0.4, 0.5) is 5.69 Å². The van der Waals surface area contributed by atoms with E-state index in [0.717, 1.165) is 66.5 Å². The second-order valence-corrected chi connectivity index (χ2v) is 12.0. The Labute approximate surface area is 277 Å². The SMILES string of the molecule is [C-]#[N+]c1ccc2c(c1)c1ccccc1n2-c1cccc(-c2ccc3c4ccccc4n(-c4cccc(-c5ccccc5C#N)c4)c3c2)c1. The zero-order chi connectivity index (χ0) is 32.2. The maximum absolute atomic E-state index is 9.79. The van der Waals surface area contributed by atoms with Crippen molar-refractivity contribution in [1.29, 1.82) is 5.26 Å². The lowest BCUT2D eigenvalue weighted by atomic mass is 10.00. The molecule has 48 heavy (non-hydrogen) atoms. The van der Waals surface area contributed by atoms with E-state index in [1.54, 1.807) is 0 Å². The number of aromatic nitrogens is 2. The Morgan fingerprint density at radius 2 is 1.04 bits per heavy atom. The van der Waals surface area contributed by atoms with Crippen LogP contribution >= 0.6 is 0 Å². The highest BCUT2D eigenvalue weighted by Gasteiger charge is 2.16. The maximum Gasteiger partial charge on any atom is 0.188 e. The third-order valence-corrected chi connectivity index (χ3v) is 9.36. The van der Waals surface area contributed by atoms with E-state index >= 15 is 0 Å². The van der Waals surface area contributed by atoms with Crippen molar-refractivity contribution in [2.24, 2.45) is 0 Å². The summed E-state index contributed by atoms with van der Waals surface area (Å²) in [6, 6.07) is 56.9. The first-order chi connectivity index (χ1) is 23.7. The molecule has 0 N–H and O–H groups in total. The minimum absolute atomic E-state index is 0.641. The van der Waals surface area contributed by atoms with Gasteiger partial charge in [0.1, 0.15) is 0 Å². The molecule has 4 nitrogen and oxygen atoms in total. The summed E-state index contributed by atoms with van der Waals surface area (Å²) in [7, 11) is 0. The molecule has 2 aromatic heterocycles. The fourth-order valence-corrected chi connectivity index (χ4v) is 7.21. The van der Waals surface area contributed by atoms with Gasteiger partial charge >= 0.3 is 0 Å². The van der Waals surface area contributed by atoms with Crippen molar-refractivity contribution in [3.8, 4) is 39.7 Å². The van der Waals surface area contributed by atoms with Crippen LogP contribution in [0.1, 0.15) is 5.56 Å². The lowest BCUT2D eigenvalue weighted by molar-refractivity contribution is 1.18. The summed E-state index contributed by atoms with van der Waals surface area (Å²) in [6.07, 6.45) is 0. The molecule has 0 unspecified atom stereocenters. The summed E-state index contributed by atoms with van der Waals surface area (Å²) >= 11 is 0. The van der Waals surface area contributed by atoms with Crippen LogP contribution < -0.4 is 0 Å². The number of fused-ring (bicyclic) bond motifs is 6. The molecule has 0 aliphatic rings. The van der Waals surface area contributed by atoms with Crippen LogP contribution in [0.15, 0.2) is 158 Å². The average Bonchev–Trinajstić information content (AvgIpc) is 3.67. The first kappa shape index (κ1) is 27.4. The lowest BCUT2D eigenvalue weighted by Crippen LogP contribution is -1.96. The number of hydrogen-bond donors (Lipinski definition) is 0. The Hall–Kier alpha value is -6.88. The Morgan fingerprint density at radius 1 is 0.458 bits per heavy atom. The van der Waals surface area contributed by atoms with Crippen LogP contribution in [-0.4, -0.2) is 9.13 Å². The standard InChI is InChI=1S/C44H26N4/c1-46-33-21-23-43-40(27-33)38-17-5-7-19-42(38)47(43)34-13-8-11-29(24-34)30-20-22-39-37-16-4-6-18-41(37)48(44(39)26-30)35-14-9-12-31(25-35)36-15-3-2-10-32(36)28-45/h2-27H. The maximum atomic E-state index is 9.79. The van der Waals surface area contributed by atoms with Gasteiger partial charge in [0, 0.05) is 27.5 Å². The minimum atomic E-state index is 0.641. The Kier molecular flexibility index (Phi) is 6.22. The largest absolute Gasteiger partial charge is 0.309 e. The van der Waals surface area contributed by atoms with Gasteiger partial charge in [-0.3, -0.25) is 0 Å². The summed E-state index contributed by atoms with van der Waals surface area (Å²) in [5, 5.41) is 14.4. The van der Waals surface area contributed by atoms with Crippen LogP contribution in [0.3, 0.4) is 0 Å². The van der Waals surface area contributed by atoms with E-state index in [4.69, 9.17) is 6.57 Å². The van der Waals surface area contributed by atoms with Gasteiger partial charge in [-0.2, -0.15) is 5.26 Å². The van der Waals surface area contributed by atoms with Gasteiger partial charge in [0.05, 0.1) is 40.3 Å².